The molecule has 0 atom stereocenters. The second-order valence-corrected chi connectivity index (χ2v) is 5.50. The summed E-state index contributed by atoms with van der Waals surface area (Å²) in [7, 11) is 1.71. The van der Waals surface area contributed by atoms with Crippen molar-refractivity contribution in [3.05, 3.63) is 52.3 Å². The molecule has 1 aromatic heterocycles. The first-order valence-electron chi connectivity index (χ1n) is 7.06. The average Bonchev–Trinajstić information content (AvgIpc) is 2.48. The van der Waals surface area contributed by atoms with E-state index in [0.29, 0.717) is 18.1 Å². The molecule has 1 aromatic carbocycles. The summed E-state index contributed by atoms with van der Waals surface area (Å²) in [4.78, 5) is 12.1. The minimum Gasteiger partial charge on any atom is -0.493 e. The molecule has 21 heavy (non-hydrogen) atoms. The quantitative estimate of drug-likeness (QED) is 0.919. The van der Waals surface area contributed by atoms with E-state index in [4.69, 9.17) is 9.84 Å². The summed E-state index contributed by atoms with van der Waals surface area (Å²) in [5.41, 5.74) is 1.93. The molecule has 0 aliphatic carbocycles. The van der Waals surface area contributed by atoms with Gasteiger partial charge in [-0.3, -0.25) is 4.79 Å². The Morgan fingerprint density at radius 3 is 2.67 bits per heavy atom. The van der Waals surface area contributed by atoms with Crippen LogP contribution in [-0.4, -0.2) is 16.3 Å². The lowest BCUT2D eigenvalue weighted by atomic mass is 10.1. The zero-order valence-corrected chi connectivity index (χ0v) is 12.7. The van der Waals surface area contributed by atoms with E-state index in [1.165, 1.54) is 0 Å². The fraction of sp³-hybridized carbons (Fsp3) is 0.353. The molecule has 4 heteroatoms. The normalized spacial score (nSPS) is 10.9. The molecule has 0 spiro atoms. The summed E-state index contributed by atoms with van der Waals surface area (Å²) in [5.74, 6) is 1.25. The second-order valence-electron chi connectivity index (χ2n) is 5.50. The molecule has 0 unspecified atom stereocenters. The van der Waals surface area contributed by atoms with Gasteiger partial charge in [0.25, 0.3) is 5.56 Å². The Morgan fingerprint density at radius 1 is 1.24 bits per heavy atom. The Morgan fingerprint density at radius 2 is 2.00 bits per heavy atom. The lowest BCUT2D eigenvalue weighted by Gasteiger charge is -2.12. The minimum atomic E-state index is -0.246. The van der Waals surface area contributed by atoms with Crippen LogP contribution in [-0.2, 0) is 13.7 Å². The summed E-state index contributed by atoms with van der Waals surface area (Å²) < 4.78 is 7.27. The number of aliphatic hydroxyl groups excluding tert-OH is 1. The van der Waals surface area contributed by atoms with E-state index in [1.54, 1.807) is 17.7 Å². The molecule has 2 rings (SSSR count). The summed E-state index contributed by atoms with van der Waals surface area (Å²) in [6, 6.07) is 11.2. The first-order chi connectivity index (χ1) is 10.0. The second kappa shape index (κ2) is 6.59. The van der Waals surface area contributed by atoms with E-state index < -0.39 is 0 Å². The topological polar surface area (TPSA) is 51.5 Å². The summed E-state index contributed by atoms with van der Waals surface area (Å²) in [6.07, 6.45) is 0. The van der Waals surface area contributed by atoms with Gasteiger partial charge in [0, 0.05) is 18.2 Å². The Labute approximate surface area is 124 Å². The molecule has 1 heterocycles. The first-order valence-corrected chi connectivity index (χ1v) is 7.06. The SMILES string of the molecule is CC(C)COc1cccc(-c2ccc(CO)c(=O)n2C)c1. The zero-order valence-electron chi connectivity index (χ0n) is 12.7. The van der Waals surface area contributed by atoms with Crippen LogP contribution in [0.15, 0.2) is 41.2 Å². The molecule has 1 N–H and O–H groups in total. The lowest BCUT2D eigenvalue weighted by Crippen LogP contribution is -2.22. The standard InChI is InChI=1S/C17H21NO3/c1-12(2)11-21-15-6-4-5-13(9-15)16-8-7-14(10-19)17(20)18(16)3/h4-9,12,19H,10-11H2,1-3H3. The molecule has 0 aliphatic rings. The number of rotatable bonds is 5. The Hall–Kier alpha value is -2.07. The highest BCUT2D eigenvalue weighted by Gasteiger charge is 2.08. The van der Waals surface area contributed by atoms with E-state index in [-0.39, 0.29) is 12.2 Å². The van der Waals surface area contributed by atoms with Crippen LogP contribution in [0.5, 0.6) is 5.75 Å². The van der Waals surface area contributed by atoms with Crippen molar-refractivity contribution < 1.29 is 9.84 Å². The molecule has 0 aliphatic heterocycles. The lowest BCUT2D eigenvalue weighted by molar-refractivity contribution is 0.271. The predicted octanol–water partition coefficient (Wildman–Crippen LogP) is 2.58. The maximum Gasteiger partial charge on any atom is 0.256 e. The third kappa shape index (κ3) is 3.52. The van der Waals surface area contributed by atoms with Crippen LogP contribution in [0.4, 0.5) is 0 Å². The van der Waals surface area contributed by atoms with E-state index in [9.17, 15) is 4.79 Å². The van der Waals surface area contributed by atoms with E-state index in [0.717, 1.165) is 17.0 Å². The number of pyridine rings is 1. The number of nitrogens with zero attached hydrogens (tertiary/aromatic N) is 1. The zero-order chi connectivity index (χ0) is 15.4. The first kappa shape index (κ1) is 15.3. The number of aliphatic hydroxyl groups is 1. The van der Waals surface area contributed by atoms with Gasteiger partial charge < -0.3 is 14.4 Å². The van der Waals surface area contributed by atoms with Gasteiger partial charge in [0.05, 0.1) is 18.9 Å². The van der Waals surface area contributed by atoms with Crippen LogP contribution in [0.25, 0.3) is 11.3 Å². The van der Waals surface area contributed by atoms with E-state index >= 15 is 0 Å². The van der Waals surface area contributed by atoms with Gasteiger partial charge >= 0.3 is 0 Å². The summed E-state index contributed by atoms with van der Waals surface area (Å²) >= 11 is 0. The van der Waals surface area contributed by atoms with Crippen LogP contribution < -0.4 is 10.3 Å². The Kier molecular flexibility index (Phi) is 4.81. The van der Waals surface area contributed by atoms with Crippen molar-refractivity contribution in [1.82, 2.24) is 4.57 Å². The monoisotopic (exact) mass is 287 g/mol. The minimum absolute atomic E-state index is 0.177. The predicted molar refractivity (Wildman–Crippen MR) is 83.4 cm³/mol. The highest BCUT2D eigenvalue weighted by atomic mass is 16.5. The van der Waals surface area contributed by atoms with E-state index in [1.807, 2.05) is 30.3 Å². The summed E-state index contributed by atoms with van der Waals surface area (Å²) in [5, 5.41) is 9.14. The third-order valence-corrected chi connectivity index (χ3v) is 3.27. The largest absolute Gasteiger partial charge is 0.493 e. The Bertz CT molecular complexity index is 674. The van der Waals surface area contributed by atoms with Crippen molar-refractivity contribution >= 4 is 0 Å². The van der Waals surface area contributed by atoms with Gasteiger partial charge in [-0.2, -0.15) is 0 Å². The average molecular weight is 287 g/mol. The van der Waals surface area contributed by atoms with Crippen LogP contribution in [0.2, 0.25) is 0 Å². The molecule has 4 nitrogen and oxygen atoms in total. The molecule has 0 radical (unpaired) electrons. The number of benzene rings is 1. The van der Waals surface area contributed by atoms with Gasteiger partial charge in [-0.05, 0) is 30.2 Å². The molecule has 2 aromatic rings. The molecule has 0 saturated carbocycles. The Balaban J connectivity index is 2.36. The van der Waals surface area contributed by atoms with Crippen molar-refractivity contribution in [3.63, 3.8) is 0 Å². The van der Waals surface area contributed by atoms with Crippen molar-refractivity contribution in [2.45, 2.75) is 20.5 Å². The fourth-order valence-electron chi connectivity index (χ4n) is 2.11. The molecular formula is C17H21NO3. The molecule has 0 saturated heterocycles. The molecular weight excluding hydrogens is 266 g/mol. The van der Waals surface area contributed by atoms with Crippen LogP contribution >= 0.6 is 0 Å². The summed E-state index contributed by atoms with van der Waals surface area (Å²) in [6.45, 7) is 4.61. The van der Waals surface area contributed by atoms with Crippen molar-refractivity contribution in [3.8, 4) is 17.0 Å². The van der Waals surface area contributed by atoms with Gasteiger partial charge in [0.15, 0.2) is 0 Å². The van der Waals surface area contributed by atoms with E-state index in [2.05, 4.69) is 13.8 Å². The highest BCUT2D eigenvalue weighted by Crippen LogP contribution is 2.23. The van der Waals surface area contributed by atoms with Gasteiger partial charge in [-0.1, -0.05) is 26.0 Å². The van der Waals surface area contributed by atoms with Gasteiger partial charge in [0.2, 0.25) is 0 Å². The third-order valence-electron chi connectivity index (χ3n) is 3.27. The number of aromatic nitrogens is 1. The maximum atomic E-state index is 12.1. The molecule has 0 fully saturated rings. The molecule has 112 valence electrons. The molecule has 0 bridgehead atoms. The van der Waals surface area contributed by atoms with Crippen molar-refractivity contribution in [2.24, 2.45) is 13.0 Å². The molecule has 0 amide bonds. The van der Waals surface area contributed by atoms with Crippen molar-refractivity contribution in [2.75, 3.05) is 6.61 Å². The number of ether oxygens (including phenoxy) is 1. The number of hydrogen-bond donors (Lipinski definition) is 1. The maximum absolute atomic E-state index is 12.1. The van der Waals surface area contributed by atoms with Gasteiger partial charge in [-0.15, -0.1) is 0 Å². The van der Waals surface area contributed by atoms with Crippen LogP contribution in [0, 0.1) is 5.92 Å². The van der Waals surface area contributed by atoms with Crippen LogP contribution in [0.3, 0.4) is 0 Å². The fourth-order valence-corrected chi connectivity index (χ4v) is 2.11. The van der Waals surface area contributed by atoms with Crippen molar-refractivity contribution in [1.29, 1.82) is 0 Å². The highest BCUT2D eigenvalue weighted by molar-refractivity contribution is 5.61. The smallest absolute Gasteiger partial charge is 0.256 e. The van der Waals surface area contributed by atoms with Gasteiger partial charge in [0.1, 0.15) is 5.75 Å². The van der Waals surface area contributed by atoms with Gasteiger partial charge in [-0.25, -0.2) is 0 Å². The van der Waals surface area contributed by atoms with Crippen LogP contribution in [0.1, 0.15) is 19.4 Å². The number of hydrogen-bond acceptors (Lipinski definition) is 3.